The molecule has 0 aliphatic heterocycles. The Kier molecular flexibility index (Phi) is 8.24. The normalized spacial score (nSPS) is 22.3. The van der Waals surface area contributed by atoms with Crippen molar-refractivity contribution >= 4 is 35.0 Å². The molecule has 0 spiro atoms. The summed E-state index contributed by atoms with van der Waals surface area (Å²) in [5.74, 6) is 0.155. The lowest BCUT2D eigenvalue weighted by atomic mass is 10.2. The number of rotatable bonds is 7. The van der Waals surface area contributed by atoms with Crippen molar-refractivity contribution in [3.63, 3.8) is 0 Å². The molecule has 13 nitrogen and oxygen atoms in total. The van der Waals surface area contributed by atoms with Crippen molar-refractivity contribution in [1.29, 1.82) is 0 Å². The van der Waals surface area contributed by atoms with Crippen LogP contribution in [0.25, 0.3) is 5.65 Å². The number of amides is 2. The van der Waals surface area contributed by atoms with Crippen LogP contribution in [0.3, 0.4) is 0 Å². The minimum absolute atomic E-state index is 0.0451. The first-order chi connectivity index (χ1) is 19.9. The van der Waals surface area contributed by atoms with Gasteiger partial charge in [-0.2, -0.15) is 9.61 Å². The second-order valence-corrected chi connectivity index (χ2v) is 12.0. The molecule has 3 aromatic heterocycles. The summed E-state index contributed by atoms with van der Waals surface area (Å²) in [5, 5.41) is 20.9. The van der Waals surface area contributed by atoms with Gasteiger partial charge in [-0.1, -0.05) is 0 Å². The quantitative estimate of drug-likeness (QED) is 0.381. The molecule has 2 aliphatic rings. The molecular weight excluding hydrogens is 542 g/mol. The van der Waals surface area contributed by atoms with Gasteiger partial charge in [0, 0.05) is 32.5 Å². The van der Waals surface area contributed by atoms with E-state index in [9.17, 15) is 19.5 Å². The van der Waals surface area contributed by atoms with Crippen molar-refractivity contribution in [2.45, 2.75) is 89.2 Å². The average molecular weight is 582 g/mol. The topological polar surface area (TPSA) is 152 Å². The number of aliphatic hydroxyl groups excluding tert-OH is 1. The molecule has 0 aromatic carbocycles. The van der Waals surface area contributed by atoms with Gasteiger partial charge in [0.05, 0.1) is 24.4 Å². The highest BCUT2D eigenvalue weighted by Crippen LogP contribution is 2.30. The first-order valence-corrected chi connectivity index (χ1v) is 14.3. The Labute approximate surface area is 243 Å². The molecule has 226 valence electrons. The Bertz CT molecular complexity index is 1530. The van der Waals surface area contributed by atoms with Gasteiger partial charge < -0.3 is 29.8 Å². The summed E-state index contributed by atoms with van der Waals surface area (Å²) < 4.78 is 13.9. The highest BCUT2D eigenvalue weighted by atomic mass is 16.6. The number of aromatic nitrogens is 4. The summed E-state index contributed by atoms with van der Waals surface area (Å²) in [7, 11) is 3.20. The summed E-state index contributed by atoms with van der Waals surface area (Å²) in [6.45, 7) is 5.30. The molecule has 0 bridgehead atoms. The lowest BCUT2D eigenvalue weighted by molar-refractivity contribution is 0.0587. The van der Waals surface area contributed by atoms with E-state index in [0.29, 0.717) is 19.3 Å². The number of pyridine rings is 1. The Morgan fingerprint density at radius 2 is 1.98 bits per heavy atom. The monoisotopic (exact) mass is 581 g/mol. The largest absolute Gasteiger partial charge is 0.443 e. The molecular formula is C29H39N7O6. The summed E-state index contributed by atoms with van der Waals surface area (Å²) in [6, 6.07) is 4.57. The van der Waals surface area contributed by atoms with Gasteiger partial charge in [-0.3, -0.25) is 14.5 Å². The summed E-state index contributed by atoms with van der Waals surface area (Å²) >= 11 is 0. The Morgan fingerprint density at radius 3 is 2.64 bits per heavy atom. The van der Waals surface area contributed by atoms with Crippen LogP contribution < -0.4 is 21.1 Å². The van der Waals surface area contributed by atoms with Crippen molar-refractivity contribution in [3.05, 3.63) is 46.5 Å². The molecule has 13 heteroatoms. The first-order valence-electron chi connectivity index (χ1n) is 14.3. The third-order valence-electron chi connectivity index (χ3n) is 7.80. The fraction of sp³-hybridized carbons (Fsp3) is 0.552. The number of nitrogens with zero attached hydrogens (tertiary/aromatic N) is 5. The molecule has 4 atom stereocenters. The van der Waals surface area contributed by atoms with Gasteiger partial charge in [0.15, 0.2) is 5.65 Å². The smallest absolute Gasteiger partial charge is 0.415 e. The van der Waals surface area contributed by atoms with E-state index in [-0.39, 0.29) is 58.2 Å². The average Bonchev–Trinajstić information content (AvgIpc) is 3.68. The molecule has 42 heavy (non-hydrogen) atoms. The third kappa shape index (κ3) is 6.12. The summed E-state index contributed by atoms with van der Waals surface area (Å²) in [4.78, 5) is 45.7. The number of nitrogens with one attached hydrogen (secondary N) is 2. The molecule has 2 amide bonds. The highest BCUT2D eigenvalue weighted by molar-refractivity contribution is 6.00. The van der Waals surface area contributed by atoms with Crippen LogP contribution in [0.15, 0.2) is 35.4 Å². The lowest BCUT2D eigenvalue weighted by Crippen LogP contribution is -2.35. The van der Waals surface area contributed by atoms with E-state index in [2.05, 4.69) is 20.7 Å². The Hall–Kier alpha value is -3.97. The predicted molar refractivity (Wildman–Crippen MR) is 156 cm³/mol. The highest BCUT2D eigenvalue weighted by Gasteiger charge is 2.30. The molecule has 3 heterocycles. The van der Waals surface area contributed by atoms with Gasteiger partial charge in [-0.25, -0.2) is 9.78 Å². The predicted octanol–water partition coefficient (Wildman–Crippen LogP) is 3.39. The number of hydrogen-bond acceptors (Lipinski definition) is 9. The van der Waals surface area contributed by atoms with Crippen LogP contribution in [0, 0.1) is 0 Å². The second kappa shape index (κ2) is 11.7. The fourth-order valence-electron chi connectivity index (χ4n) is 5.63. The van der Waals surface area contributed by atoms with E-state index in [4.69, 9.17) is 9.47 Å². The Morgan fingerprint density at radius 1 is 1.19 bits per heavy atom. The van der Waals surface area contributed by atoms with Crippen molar-refractivity contribution < 1.29 is 24.2 Å². The van der Waals surface area contributed by atoms with Crippen LogP contribution in [-0.2, 0) is 9.47 Å². The summed E-state index contributed by atoms with van der Waals surface area (Å²) in [6.07, 6.45) is 6.53. The van der Waals surface area contributed by atoms with E-state index in [1.54, 1.807) is 56.8 Å². The third-order valence-corrected chi connectivity index (χ3v) is 7.80. The Balaban J connectivity index is 1.52. The van der Waals surface area contributed by atoms with Gasteiger partial charge in [-0.15, -0.1) is 0 Å². The molecule has 5 rings (SSSR count). The van der Waals surface area contributed by atoms with Crippen molar-refractivity contribution in [1.82, 2.24) is 24.5 Å². The van der Waals surface area contributed by atoms with E-state index >= 15 is 0 Å². The van der Waals surface area contributed by atoms with Crippen molar-refractivity contribution in [2.24, 2.45) is 0 Å². The number of carbonyl (C=O) groups excluding carboxylic acids is 2. The zero-order chi connectivity index (χ0) is 30.2. The van der Waals surface area contributed by atoms with E-state index in [0.717, 1.165) is 19.3 Å². The van der Waals surface area contributed by atoms with E-state index in [1.165, 1.54) is 22.7 Å². The van der Waals surface area contributed by atoms with Crippen LogP contribution in [0.5, 0.6) is 0 Å². The number of fused-ring (bicyclic) bond motifs is 1. The standard InChI is InChI=1S/C29H39N7O6/c1-29(2,3)42-28(40)34(4)24-15-23(32-20-8-7-13-35(27(20)39)21-9-6-10-22(21)37)33-25-19(16-30-36(24)25)26(38)31-17-11-12-18(14-17)41-5/h7-8,13,15-18,21-22,37H,6,9-12,14H2,1-5H3,(H,31,38)(H,32,33)/t17?,18-,21?,22+/m0/s1. The number of methoxy groups -OCH3 is 1. The van der Waals surface area contributed by atoms with Crippen LogP contribution in [0.2, 0.25) is 0 Å². The van der Waals surface area contributed by atoms with E-state index < -0.39 is 17.8 Å². The van der Waals surface area contributed by atoms with Gasteiger partial charge >= 0.3 is 6.09 Å². The van der Waals surface area contributed by atoms with Crippen molar-refractivity contribution in [2.75, 3.05) is 24.4 Å². The minimum atomic E-state index is -0.741. The zero-order valence-corrected chi connectivity index (χ0v) is 24.7. The van der Waals surface area contributed by atoms with Crippen LogP contribution in [0.4, 0.5) is 22.1 Å². The molecule has 2 saturated carbocycles. The molecule has 2 fully saturated rings. The van der Waals surface area contributed by atoms with Gasteiger partial charge in [0.2, 0.25) is 0 Å². The van der Waals surface area contributed by atoms with Gasteiger partial charge in [0.1, 0.15) is 28.5 Å². The molecule has 0 saturated heterocycles. The molecule has 2 unspecified atom stereocenters. The summed E-state index contributed by atoms with van der Waals surface area (Å²) in [5.41, 5.74) is -0.395. The van der Waals surface area contributed by atoms with Crippen LogP contribution >= 0.6 is 0 Å². The fourth-order valence-corrected chi connectivity index (χ4v) is 5.63. The molecule has 3 aromatic rings. The molecule has 2 aliphatic carbocycles. The van der Waals surface area contributed by atoms with Crippen LogP contribution in [-0.4, -0.2) is 74.3 Å². The SMILES string of the molecule is CO[C@H]1CCC(NC(=O)c2cnn3c(N(C)C(=O)OC(C)(C)C)cc(Nc4cccn(C5CCC[C@H]5O)c4=O)nc23)C1. The van der Waals surface area contributed by atoms with Crippen molar-refractivity contribution in [3.8, 4) is 0 Å². The zero-order valence-electron chi connectivity index (χ0n) is 24.7. The first kappa shape index (κ1) is 29.5. The van der Waals surface area contributed by atoms with Crippen LogP contribution in [0.1, 0.15) is 75.7 Å². The number of carbonyl (C=O) groups is 2. The lowest BCUT2D eigenvalue weighted by Gasteiger charge is -2.25. The van der Waals surface area contributed by atoms with Gasteiger partial charge in [-0.05, 0) is 71.4 Å². The number of hydrogen-bond donors (Lipinski definition) is 3. The number of ether oxygens (including phenoxy) is 2. The van der Waals surface area contributed by atoms with Gasteiger partial charge in [0.25, 0.3) is 11.5 Å². The minimum Gasteiger partial charge on any atom is -0.443 e. The molecule has 3 N–H and O–H groups in total. The maximum atomic E-state index is 13.4. The second-order valence-electron chi connectivity index (χ2n) is 12.0. The van der Waals surface area contributed by atoms with E-state index in [1.807, 2.05) is 0 Å². The maximum absolute atomic E-state index is 13.4. The molecule has 0 radical (unpaired) electrons. The maximum Gasteiger partial charge on any atom is 0.415 e. The number of aliphatic hydroxyl groups is 1. The number of anilines is 3.